The topological polar surface area (TPSA) is 67.9 Å². The molecule has 1 heterocycles. The van der Waals surface area contributed by atoms with E-state index in [0.29, 0.717) is 20.7 Å². The van der Waals surface area contributed by atoms with Gasteiger partial charge in [-0.3, -0.25) is 14.5 Å². The Morgan fingerprint density at radius 3 is 2.67 bits per heavy atom. The van der Waals surface area contributed by atoms with Crippen LogP contribution in [0.2, 0.25) is 0 Å². The van der Waals surface area contributed by atoms with Crippen LogP contribution in [0.5, 0.6) is 11.5 Å². The van der Waals surface area contributed by atoms with Crippen LogP contribution >= 0.6 is 24.0 Å². The van der Waals surface area contributed by atoms with Gasteiger partial charge in [-0.2, -0.15) is 0 Å². The molecular formula is C19H22N2O4S2. The number of carbonyl (C=O) groups excluding carboxylic acids is 2. The van der Waals surface area contributed by atoms with Gasteiger partial charge in [-0.05, 0) is 36.6 Å². The van der Waals surface area contributed by atoms with Crippen LogP contribution < -0.4 is 14.8 Å². The lowest BCUT2D eigenvalue weighted by molar-refractivity contribution is -0.129. The second kappa shape index (κ2) is 8.75. The van der Waals surface area contributed by atoms with Gasteiger partial charge in [0.25, 0.3) is 5.91 Å². The van der Waals surface area contributed by atoms with Crippen LogP contribution in [0.1, 0.15) is 31.2 Å². The van der Waals surface area contributed by atoms with Crippen LogP contribution in [-0.4, -0.2) is 47.8 Å². The molecule has 1 aromatic carbocycles. The van der Waals surface area contributed by atoms with E-state index in [0.717, 1.165) is 31.2 Å². The monoisotopic (exact) mass is 406 g/mol. The summed E-state index contributed by atoms with van der Waals surface area (Å²) in [5, 5.41) is 2.99. The Morgan fingerprint density at radius 2 is 2.00 bits per heavy atom. The van der Waals surface area contributed by atoms with Crippen molar-refractivity contribution in [2.45, 2.75) is 31.7 Å². The van der Waals surface area contributed by atoms with E-state index in [9.17, 15) is 9.59 Å². The van der Waals surface area contributed by atoms with Crippen molar-refractivity contribution in [3.05, 3.63) is 28.7 Å². The molecular weight excluding hydrogens is 384 g/mol. The van der Waals surface area contributed by atoms with Gasteiger partial charge in [0.1, 0.15) is 10.9 Å². The number of nitrogens with one attached hydrogen (secondary N) is 1. The minimum atomic E-state index is -0.249. The third-order valence-electron chi connectivity index (χ3n) is 4.60. The number of amides is 2. The van der Waals surface area contributed by atoms with Crippen molar-refractivity contribution in [2.75, 3.05) is 20.8 Å². The molecule has 8 heteroatoms. The molecule has 1 aliphatic heterocycles. The van der Waals surface area contributed by atoms with Crippen LogP contribution in [0.3, 0.4) is 0 Å². The number of thioether (sulfide) groups is 1. The van der Waals surface area contributed by atoms with Crippen LogP contribution in [0, 0.1) is 0 Å². The molecule has 0 radical (unpaired) electrons. The maximum atomic E-state index is 12.7. The lowest BCUT2D eigenvalue weighted by atomic mass is 10.2. The lowest BCUT2D eigenvalue weighted by Crippen LogP contribution is -2.42. The quantitative estimate of drug-likeness (QED) is 0.579. The highest BCUT2D eigenvalue weighted by Gasteiger charge is 2.33. The summed E-state index contributed by atoms with van der Waals surface area (Å²) in [4.78, 5) is 26.8. The van der Waals surface area contributed by atoms with Crippen molar-refractivity contribution < 1.29 is 19.1 Å². The van der Waals surface area contributed by atoms with Gasteiger partial charge < -0.3 is 14.8 Å². The highest BCUT2D eigenvalue weighted by atomic mass is 32.2. The maximum Gasteiger partial charge on any atom is 0.266 e. The van der Waals surface area contributed by atoms with Crippen LogP contribution in [0.25, 0.3) is 6.08 Å². The van der Waals surface area contributed by atoms with Gasteiger partial charge in [-0.25, -0.2) is 0 Å². The van der Waals surface area contributed by atoms with Crippen molar-refractivity contribution in [2.24, 2.45) is 0 Å². The smallest absolute Gasteiger partial charge is 0.266 e. The first-order valence-corrected chi connectivity index (χ1v) is 10.0. The average molecular weight is 407 g/mol. The summed E-state index contributed by atoms with van der Waals surface area (Å²) in [5.41, 5.74) is 0.795. The van der Waals surface area contributed by atoms with E-state index in [1.807, 2.05) is 6.07 Å². The fourth-order valence-corrected chi connectivity index (χ4v) is 4.47. The second-order valence-electron chi connectivity index (χ2n) is 6.43. The molecule has 1 saturated carbocycles. The minimum Gasteiger partial charge on any atom is -0.493 e. The van der Waals surface area contributed by atoms with E-state index in [4.69, 9.17) is 21.7 Å². The first-order chi connectivity index (χ1) is 13.0. The van der Waals surface area contributed by atoms with E-state index in [2.05, 4.69) is 5.32 Å². The van der Waals surface area contributed by atoms with E-state index in [1.165, 1.54) is 16.7 Å². The first kappa shape index (κ1) is 19.7. The number of carbonyl (C=O) groups is 2. The summed E-state index contributed by atoms with van der Waals surface area (Å²) < 4.78 is 10.9. The zero-order valence-electron chi connectivity index (χ0n) is 15.3. The number of nitrogens with zero attached hydrogens (tertiary/aromatic N) is 1. The molecule has 1 N–H and O–H groups in total. The molecule has 0 atom stereocenters. The Balaban J connectivity index is 1.69. The predicted molar refractivity (Wildman–Crippen MR) is 110 cm³/mol. The molecule has 2 amide bonds. The van der Waals surface area contributed by atoms with Crippen LogP contribution in [0.4, 0.5) is 0 Å². The highest BCUT2D eigenvalue weighted by Crippen LogP contribution is 2.34. The van der Waals surface area contributed by atoms with Crippen molar-refractivity contribution in [3.8, 4) is 11.5 Å². The summed E-state index contributed by atoms with van der Waals surface area (Å²) >= 11 is 6.50. The van der Waals surface area contributed by atoms with E-state index in [-0.39, 0.29) is 24.4 Å². The second-order valence-corrected chi connectivity index (χ2v) is 8.11. The van der Waals surface area contributed by atoms with E-state index >= 15 is 0 Å². The van der Waals surface area contributed by atoms with Crippen molar-refractivity contribution in [1.29, 1.82) is 0 Å². The molecule has 2 fully saturated rings. The Hall–Kier alpha value is -2.06. The standard InChI is InChI=1S/C19H22N2O4S2/c1-24-14-8-7-12(9-15(14)25-2)10-16-18(23)21(19(26)27-16)11-17(22)20-13-5-3-4-6-13/h7-10,13H,3-6,11H2,1-2H3,(H,20,22)/b16-10-. The third kappa shape index (κ3) is 4.62. The molecule has 6 nitrogen and oxygen atoms in total. The van der Waals surface area contributed by atoms with Gasteiger partial charge in [0.05, 0.1) is 19.1 Å². The molecule has 2 aliphatic rings. The molecule has 3 rings (SSSR count). The Kier molecular flexibility index (Phi) is 6.38. The molecule has 1 aliphatic carbocycles. The fourth-order valence-electron chi connectivity index (χ4n) is 3.22. The van der Waals surface area contributed by atoms with Gasteiger partial charge >= 0.3 is 0 Å². The Bertz CT molecular complexity index is 788. The number of thiocarbonyl (C=S) groups is 1. The number of methoxy groups -OCH3 is 2. The summed E-state index contributed by atoms with van der Waals surface area (Å²) in [6.45, 7) is -0.0373. The van der Waals surface area contributed by atoms with E-state index in [1.54, 1.807) is 32.4 Å². The van der Waals surface area contributed by atoms with Gasteiger partial charge in [0, 0.05) is 6.04 Å². The zero-order chi connectivity index (χ0) is 19.4. The van der Waals surface area contributed by atoms with Gasteiger partial charge in [-0.15, -0.1) is 0 Å². The zero-order valence-corrected chi connectivity index (χ0v) is 17.0. The number of hydrogen-bond donors (Lipinski definition) is 1. The third-order valence-corrected chi connectivity index (χ3v) is 5.98. The molecule has 1 aromatic rings. The number of hydrogen-bond acceptors (Lipinski definition) is 6. The largest absolute Gasteiger partial charge is 0.493 e. The number of benzene rings is 1. The lowest BCUT2D eigenvalue weighted by Gasteiger charge is -2.17. The minimum absolute atomic E-state index is 0.0373. The van der Waals surface area contributed by atoms with Gasteiger partial charge in [0.2, 0.25) is 5.91 Å². The summed E-state index contributed by atoms with van der Waals surface area (Å²) in [6.07, 6.45) is 6.03. The first-order valence-electron chi connectivity index (χ1n) is 8.78. The van der Waals surface area contributed by atoms with Crippen LogP contribution in [0.15, 0.2) is 23.1 Å². The normalized spacial score (nSPS) is 19.0. The molecule has 0 unspecified atom stereocenters. The molecule has 144 valence electrons. The molecule has 0 aromatic heterocycles. The van der Waals surface area contributed by atoms with Gasteiger partial charge in [-0.1, -0.05) is 42.9 Å². The van der Waals surface area contributed by atoms with Crippen LogP contribution in [-0.2, 0) is 9.59 Å². The van der Waals surface area contributed by atoms with Crippen molar-refractivity contribution in [1.82, 2.24) is 10.2 Å². The summed E-state index contributed by atoms with van der Waals surface area (Å²) in [6, 6.07) is 5.62. The number of ether oxygens (including phenoxy) is 2. The summed E-state index contributed by atoms with van der Waals surface area (Å²) in [5.74, 6) is 0.787. The highest BCUT2D eigenvalue weighted by molar-refractivity contribution is 8.26. The average Bonchev–Trinajstić information content (AvgIpc) is 3.25. The Morgan fingerprint density at radius 1 is 1.30 bits per heavy atom. The maximum absolute atomic E-state index is 12.7. The SMILES string of the molecule is COc1ccc(/C=C2\SC(=S)N(CC(=O)NC3CCCC3)C2=O)cc1OC. The van der Waals surface area contributed by atoms with E-state index < -0.39 is 0 Å². The summed E-state index contributed by atoms with van der Waals surface area (Å²) in [7, 11) is 3.13. The van der Waals surface area contributed by atoms with Crippen molar-refractivity contribution in [3.63, 3.8) is 0 Å². The Labute approximate surface area is 168 Å². The predicted octanol–water partition coefficient (Wildman–Crippen LogP) is 2.96. The molecule has 0 spiro atoms. The number of rotatable bonds is 6. The van der Waals surface area contributed by atoms with Crippen molar-refractivity contribution >= 4 is 46.2 Å². The fraction of sp³-hybridized carbons (Fsp3) is 0.421. The molecule has 1 saturated heterocycles. The molecule has 27 heavy (non-hydrogen) atoms. The molecule has 0 bridgehead atoms. The van der Waals surface area contributed by atoms with Gasteiger partial charge in [0.15, 0.2) is 11.5 Å².